The summed E-state index contributed by atoms with van der Waals surface area (Å²) in [4.78, 5) is 22.9. The zero-order valence-electron chi connectivity index (χ0n) is 8.11. The van der Waals surface area contributed by atoms with Crippen LogP contribution in [-0.2, 0) is 7.05 Å². The Kier molecular flexibility index (Phi) is 3.45. The summed E-state index contributed by atoms with van der Waals surface area (Å²) in [5.41, 5.74) is 0.896. The summed E-state index contributed by atoms with van der Waals surface area (Å²) < 4.78 is 3.93. The zero-order chi connectivity index (χ0) is 11.9. The van der Waals surface area contributed by atoms with Crippen LogP contribution < -0.4 is 5.56 Å². The van der Waals surface area contributed by atoms with Crippen molar-refractivity contribution in [3.8, 4) is 0 Å². The van der Waals surface area contributed by atoms with Crippen LogP contribution in [0, 0.1) is 0 Å². The molecule has 0 bridgehead atoms. The summed E-state index contributed by atoms with van der Waals surface area (Å²) in [6.45, 7) is 0. The molecule has 0 aromatic carbocycles. The van der Waals surface area contributed by atoms with Crippen LogP contribution in [0.25, 0.3) is 10.9 Å². The third kappa shape index (κ3) is 1.74. The molecule has 0 N–H and O–H groups in total. The average Bonchev–Trinajstić information content (AvgIpc) is 2.64. The second kappa shape index (κ2) is 4.53. The lowest BCUT2D eigenvalue weighted by Gasteiger charge is -2.03. The second-order valence-electron chi connectivity index (χ2n) is 3.21. The van der Waals surface area contributed by atoms with E-state index < -0.39 is 0 Å². The molecule has 4 nitrogen and oxygen atoms in total. The fraction of sp³-hybridized carbons (Fsp3) is 0.111. The smallest absolute Gasteiger partial charge is 0.275 e. The van der Waals surface area contributed by atoms with Crippen LogP contribution in [0.15, 0.2) is 21.5 Å². The molecule has 0 fully saturated rings. The van der Waals surface area contributed by atoms with Crippen LogP contribution in [0.1, 0.15) is 10.5 Å². The van der Waals surface area contributed by atoms with E-state index in [1.807, 2.05) is 21.2 Å². The maximum atomic E-state index is 12.0. The Morgan fingerprint density at radius 2 is 2.25 bits per heavy atom. The number of hydrogen-bond donors (Lipinski definition) is 0. The van der Waals surface area contributed by atoms with E-state index in [0.717, 1.165) is 16.1 Å². The highest BCUT2D eigenvalue weighted by molar-refractivity contribution is 14.2. The number of fused-ring (bicyclic) bond motifs is 1. The molecule has 0 aliphatic heterocycles. The molecule has 0 saturated carbocycles. The third-order valence-corrected chi connectivity index (χ3v) is 4.61. The van der Waals surface area contributed by atoms with E-state index >= 15 is 0 Å². The number of aromatic nitrogens is 2. The molecule has 84 valence electrons. The maximum Gasteiger partial charge on any atom is 0.275 e. The molecule has 2 aromatic heterocycles. The maximum absolute atomic E-state index is 12.0. The monoisotopic (exact) mass is 412 g/mol. The SMILES string of the molecule is Cn1cc(Br)c2cc(C=O)n(SI)c2c1=O. The van der Waals surface area contributed by atoms with Gasteiger partial charge in [-0.15, -0.1) is 0 Å². The van der Waals surface area contributed by atoms with Gasteiger partial charge in [0.1, 0.15) is 5.52 Å². The van der Waals surface area contributed by atoms with Gasteiger partial charge in [-0.25, -0.2) is 0 Å². The van der Waals surface area contributed by atoms with Gasteiger partial charge in [-0.3, -0.25) is 13.6 Å². The van der Waals surface area contributed by atoms with Crippen LogP contribution in [0.2, 0.25) is 0 Å². The Bertz CT molecular complexity index is 634. The Balaban J connectivity index is 3.04. The highest BCUT2D eigenvalue weighted by Crippen LogP contribution is 2.29. The Morgan fingerprint density at radius 1 is 1.56 bits per heavy atom. The molecule has 0 aliphatic carbocycles. The number of halogens is 2. The summed E-state index contributed by atoms with van der Waals surface area (Å²) >= 11 is 5.43. The summed E-state index contributed by atoms with van der Waals surface area (Å²) in [6.07, 6.45) is 2.44. The molecule has 0 saturated heterocycles. The van der Waals surface area contributed by atoms with E-state index in [1.54, 1.807) is 23.3 Å². The molecule has 0 amide bonds. The number of pyridine rings is 1. The molecule has 0 unspecified atom stereocenters. The predicted octanol–water partition coefficient (Wildman–Crippen LogP) is 2.76. The van der Waals surface area contributed by atoms with Gasteiger partial charge in [0, 0.05) is 53.4 Å². The molecular weight excluding hydrogens is 407 g/mol. The van der Waals surface area contributed by atoms with Crippen molar-refractivity contribution >= 4 is 63.4 Å². The molecule has 16 heavy (non-hydrogen) atoms. The standard InChI is InChI=1S/C9H6BrIN2O2S/c1-12-3-7(10)6-2-5(4-14)13(16-11)8(6)9(12)15/h2-4H,1H3. The van der Waals surface area contributed by atoms with Crippen LogP contribution in [0.4, 0.5) is 0 Å². The Morgan fingerprint density at radius 3 is 2.81 bits per heavy atom. The first kappa shape index (κ1) is 12.2. The van der Waals surface area contributed by atoms with Crippen molar-refractivity contribution in [1.29, 1.82) is 0 Å². The van der Waals surface area contributed by atoms with Crippen molar-refractivity contribution in [2.45, 2.75) is 0 Å². The molecule has 2 heterocycles. The predicted molar refractivity (Wildman–Crippen MR) is 77.3 cm³/mol. The number of aldehydes is 1. The lowest BCUT2D eigenvalue weighted by atomic mass is 10.3. The number of aryl methyl sites for hydroxylation is 1. The topological polar surface area (TPSA) is 44.0 Å². The summed E-state index contributed by atoms with van der Waals surface area (Å²) in [5, 5.41) is 0.759. The number of carbonyl (C=O) groups excluding carboxylic acids is 1. The number of rotatable bonds is 2. The van der Waals surface area contributed by atoms with Crippen LogP contribution >= 0.6 is 46.3 Å². The van der Waals surface area contributed by atoms with Crippen molar-refractivity contribution < 1.29 is 4.79 Å². The van der Waals surface area contributed by atoms with Crippen molar-refractivity contribution in [2.75, 3.05) is 0 Å². The average molecular weight is 413 g/mol. The van der Waals surface area contributed by atoms with Crippen molar-refractivity contribution in [3.63, 3.8) is 0 Å². The van der Waals surface area contributed by atoms with E-state index in [0.29, 0.717) is 11.2 Å². The lowest BCUT2D eigenvalue weighted by Crippen LogP contribution is -2.17. The molecule has 0 spiro atoms. The van der Waals surface area contributed by atoms with Gasteiger partial charge in [0.15, 0.2) is 6.29 Å². The van der Waals surface area contributed by atoms with Gasteiger partial charge < -0.3 is 4.57 Å². The van der Waals surface area contributed by atoms with Crippen LogP contribution in [0.5, 0.6) is 0 Å². The van der Waals surface area contributed by atoms with Gasteiger partial charge in [-0.05, 0) is 22.0 Å². The first-order valence-corrected chi connectivity index (χ1v) is 8.36. The van der Waals surface area contributed by atoms with E-state index in [4.69, 9.17) is 0 Å². The minimum atomic E-state index is -0.115. The molecular formula is C9H6BrIN2O2S. The van der Waals surface area contributed by atoms with Crippen LogP contribution in [-0.4, -0.2) is 14.8 Å². The molecule has 0 aliphatic rings. The van der Waals surface area contributed by atoms with Gasteiger partial charge in [0.2, 0.25) is 0 Å². The quantitative estimate of drug-likeness (QED) is 0.562. The van der Waals surface area contributed by atoms with Gasteiger partial charge >= 0.3 is 0 Å². The fourth-order valence-electron chi connectivity index (χ4n) is 1.52. The van der Waals surface area contributed by atoms with E-state index in [1.165, 1.54) is 13.7 Å². The highest BCUT2D eigenvalue weighted by Gasteiger charge is 2.15. The molecule has 2 rings (SSSR count). The van der Waals surface area contributed by atoms with Gasteiger partial charge in [-0.2, -0.15) is 0 Å². The molecule has 7 heteroatoms. The normalized spacial score (nSPS) is 10.9. The van der Waals surface area contributed by atoms with E-state index in [-0.39, 0.29) is 5.56 Å². The minimum Gasteiger partial charge on any atom is -0.316 e. The summed E-state index contributed by atoms with van der Waals surface area (Å²) in [5.74, 6) is 0. The Labute approximate surface area is 116 Å². The first-order chi connectivity index (χ1) is 7.60. The highest BCUT2D eigenvalue weighted by atomic mass is 127. The van der Waals surface area contributed by atoms with Crippen molar-refractivity contribution in [2.24, 2.45) is 7.05 Å². The molecule has 0 radical (unpaired) electrons. The summed E-state index contributed by atoms with van der Waals surface area (Å²) in [6, 6.07) is 1.71. The molecule has 0 atom stereocenters. The minimum absolute atomic E-state index is 0.115. The van der Waals surface area contributed by atoms with E-state index in [2.05, 4.69) is 15.9 Å². The number of nitrogens with zero attached hydrogens (tertiary/aromatic N) is 2. The first-order valence-electron chi connectivity index (χ1n) is 4.25. The summed E-state index contributed by atoms with van der Waals surface area (Å²) in [7, 11) is 2.99. The Hall–Kier alpha value is -0.280. The lowest BCUT2D eigenvalue weighted by molar-refractivity contribution is 0.111. The van der Waals surface area contributed by atoms with Crippen molar-refractivity contribution in [3.05, 3.63) is 32.8 Å². The zero-order valence-corrected chi connectivity index (χ0v) is 12.7. The van der Waals surface area contributed by atoms with Gasteiger partial charge in [-0.1, -0.05) is 0 Å². The number of carbonyl (C=O) groups is 1. The van der Waals surface area contributed by atoms with Crippen molar-refractivity contribution in [1.82, 2.24) is 8.54 Å². The van der Waals surface area contributed by atoms with Gasteiger partial charge in [0.25, 0.3) is 5.56 Å². The number of hydrogen-bond acceptors (Lipinski definition) is 3. The van der Waals surface area contributed by atoms with Crippen LogP contribution in [0.3, 0.4) is 0 Å². The van der Waals surface area contributed by atoms with E-state index in [9.17, 15) is 9.59 Å². The fourth-order valence-corrected chi connectivity index (χ4v) is 3.82. The second-order valence-corrected chi connectivity index (χ2v) is 5.75. The van der Waals surface area contributed by atoms with Gasteiger partial charge in [0.05, 0.1) is 5.69 Å². The molecule has 2 aromatic rings. The third-order valence-electron chi connectivity index (χ3n) is 2.26. The largest absolute Gasteiger partial charge is 0.316 e.